The Morgan fingerprint density at radius 3 is 2.47 bits per heavy atom. The van der Waals surface area contributed by atoms with Crippen molar-refractivity contribution in [3.8, 4) is 5.75 Å². The number of amides is 1. The molecule has 0 bridgehead atoms. The van der Waals surface area contributed by atoms with Gasteiger partial charge in [0.05, 0.1) is 13.5 Å². The second kappa shape index (κ2) is 10.2. The Bertz CT molecular complexity index is 907. The van der Waals surface area contributed by atoms with Crippen molar-refractivity contribution >= 4 is 17.5 Å². The van der Waals surface area contributed by atoms with Crippen LogP contribution in [0.15, 0.2) is 48.5 Å². The van der Waals surface area contributed by atoms with Crippen LogP contribution in [-0.2, 0) is 11.2 Å². The number of hydrogen-bond acceptors (Lipinski definition) is 4. The Hall–Kier alpha value is -2.95. The molecule has 0 unspecified atom stereocenters. The fourth-order valence-electron chi connectivity index (χ4n) is 4.07. The quantitative estimate of drug-likeness (QED) is 0.635. The van der Waals surface area contributed by atoms with E-state index >= 15 is 0 Å². The van der Waals surface area contributed by atoms with Crippen LogP contribution < -0.4 is 4.74 Å². The lowest BCUT2D eigenvalue weighted by Gasteiger charge is -2.30. The molecule has 1 aliphatic rings. The SMILES string of the molecule is COc1ccc(C(C)=O)cc1CC(=O)N1CCCCC[C@H]1CC(=O)c1ccccc1. The summed E-state index contributed by atoms with van der Waals surface area (Å²) in [7, 11) is 1.56. The van der Waals surface area contributed by atoms with Crippen LogP contribution in [0.1, 0.15) is 65.3 Å². The third-order valence-corrected chi connectivity index (χ3v) is 5.74. The van der Waals surface area contributed by atoms with Gasteiger partial charge in [0.1, 0.15) is 5.75 Å². The monoisotopic (exact) mass is 407 g/mol. The number of carbonyl (C=O) groups excluding carboxylic acids is 3. The number of benzene rings is 2. The van der Waals surface area contributed by atoms with E-state index < -0.39 is 0 Å². The van der Waals surface area contributed by atoms with Crippen LogP contribution in [0, 0.1) is 0 Å². The van der Waals surface area contributed by atoms with Crippen LogP contribution in [0.25, 0.3) is 0 Å². The van der Waals surface area contributed by atoms with E-state index in [1.165, 1.54) is 6.92 Å². The van der Waals surface area contributed by atoms with Gasteiger partial charge in [-0.3, -0.25) is 14.4 Å². The average molecular weight is 408 g/mol. The summed E-state index contributed by atoms with van der Waals surface area (Å²) in [6, 6.07) is 14.3. The number of Topliss-reactive ketones (excluding diaryl/α,β-unsaturated/α-hetero) is 2. The number of carbonyl (C=O) groups is 3. The maximum atomic E-state index is 13.3. The lowest BCUT2D eigenvalue weighted by molar-refractivity contribution is -0.132. The minimum Gasteiger partial charge on any atom is -0.496 e. The Morgan fingerprint density at radius 2 is 1.77 bits per heavy atom. The largest absolute Gasteiger partial charge is 0.496 e. The van der Waals surface area contributed by atoms with Crippen molar-refractivity contribution < 1.29 is 19.1 Å². The Balaban J connectivity index is 1.79. The smallest absolute Gasteiger partial charge is 0.227 e. The molecular formula is C25H29NO4. The lowest BCUT2D eigenvalue weighted by atomic mass is 9.98. The third kappa shape index (κ3) is 5.35. The van der Waals surface area contributed by atoms with Gasteiger partial charge in [0.25, 0.3) is 0 Å². The lowest BCUT2D eigenvalue weighted by Crippen LogP contribution is -2.42. The predicted molar refractivity (Wildman–Crippen MR) is 116 cm³/mol. The number of hydrogen-bond donors (Lipinski definition) is 0. The first-order valence-corrected chi connectivity index (χ1v) is 10.5. The topological polar surface area (TPSA) is 63.7 Å². The van der Waals surface area contributed by atoms with E-state index in [1.807, 2.05) is 35.2 Å². The molecule has 1 heterocycles. The molecule has 1 aliphatic heterocycles. The van der Waals surface area contributed by atoms with Gasteiger partial charge in [0.15, 0.2) is 11.6 Å². The molecule has 0 N–H and O–H groups in total. The highest BCUT2D eigenvalue weighted by atomic mass is 16.5. The van der Waals surface area contributed by atoms with Crippen LogP contribution in [0.3, 0.4) is 0 Å². The van der Waals surface area contributed by atoms with Crippen molar-refractivity contribution in [2.24, 2.45) is 0 Å². The van der Waals surface area contributed by atoms with Gasteiger partial charge < -0.3 is 9.64 Å². The second-order valence-electron chi connectivity index (χ2n) is 7.84. The van der Waals surface area contributed by atoms with Gasteiger partial charge in [-0.25, -0.2) is 0 Å². The van der Waals surface area contributed by atoms with Crippen LogP contribution >= 0.6 is 0 Å². The van der Waals surface area contributed by atoms with Crippen molar-refractivity contribution in [3.63, 3.8) is 0 Å². The number of nitrogens with zero attached hydrogens (tertiary/aromatic N) is 1. The first-order valence-electron chi connectivity index (χ1n) is 10.5. The number of likely N-dealkylation sites (tertiary alicyclic amines) is 1. The molecule has 158 valence electrons. The highest BCUT2D eigenvalue weighted by Gasteiger charge is 2.28. The zero-order valence-corrected chi connectivity index (χ0v) is 17.7. The number of rotatable bonds is 7. The molecule has 2 aromatic rings. The molecule has 2 aromatic carbocycles. The second-order valence-corrected chi connectivity index (χ2v) is 7.84. The molecule has 1 atom stereocenters. The van der Waals surface area contributed by atoms with Gasteiger partial charge in [-0.05, 0) is 38.0 Å². The minimum atomic E-state index is -0.102. The molecule has 0 radical (unpaired) electrons. The number of methoxy groups -OCH3 is 1. The van der Waals surface area contributed by atoms with Gasteiger partial charge in [0.2, 0.25) is 5.91 Å². The van der Waals surface area contributed by atoms with E-state index in [2.05, 4.69) is 0 Å². The molecule has 1 saturated heterocycles. The fraction of sp³-hybridized carbons (Fsp3) is 0.400. The highest BCUT2D eigenvalue weighted by molar-refractivity contribution is 5.97. The molecule has 3 rings (SSSR count). The van der Waals surface area contributed by atoms with Gasteiger partial charge in [0, 0.05) is 35.7 Å². The molecule has 5 nitrogen and oxygen atoms in total. The first kappa shape index (κ1) is 21.8. The summed E-state index contributed by atoms with van der Waals surface area (Å²) in [6.45, 7) is 2.16. The van der Waals surface area contributed by atoms with E-state index in [0.717, 1.165) is 25.7 Å². The van der Waals surface area contributed by atoms with Crippen LogP contribution in [0.4, 0.5) is 0 Å². The average Bonchev–Trinajstić information content (AvgIpc) is 2.99. The van der Waals surface area contributed by atoms with E-state index in [-0.39, 0.29) is 29.9 Å². The van der Waals surface area contributed by atoms with Crippen LogP contribution in [0.2, 0.25) is 0 Å². The van der Waals surface area contributed by atoms with Crippen molar-refractivity contribution in [2.45, 2.75) is 51.5 Å². The summed E-state index contributed by atoms with van der Waals surface area (Å²) in [5.41, 5.74) is 1.95. The van der Waals surface area contributed by atoms with Gasteiger partial charge >= 0.3 is 0 Å². The summed E-state index contributed by atoms with van der Waals surface area (Å²) in [5.74, 6) is 0.589. The maximum absolute atomic E-state index is 13.3. The van der Waals surface area contributed by atoms with E-state index in [1.54, 1.807) is 25.3 Å². The molecule has 0 aromatic heterocycles. The Kier molecular flexibility index (Phi) is 7.39. The van der Waals surface area contributed by atoms with Crippen LogP contribution in [-0.4, -0.2) is 42.1 Å². The third-order valence-electron chi connectivity index (χ3n) is 5.74. The standard InChI is InChI=1S/C25H29NO4/c1-18(27)20-12-13-24(30-2)21(15-20)16-25(29)26-14-8-4-7-11-22(26)17-23(28)19-9-5-3-6-10-19/h3,5-6,9-10,12-13,15,22H,4,7-8,11,14,16-17H2,1-2H3/t22-/m0/s1. The molecule has 1 amide bonds. The zero-order chi connectivity index (χ0) is 21.5. The van der Waals surface area contributed by atoms with E-state index in [4.69, 9.17) is 4.74 Å². The molecule has 0 spiro atoms. The van der Waals surface area contributed by atoms with Gasteiger partial charge in [-0.15, -0.1) is 0 Å². The van der Waals surface area contributed by atoms with Crippen molar-refractivity contribution in [2.75, 3.05) is 13.7 Å². The van der Waals surface area contributed by atoms with Gasteiger partial charge in [-0.2, -0.15) is 0 Å². The Labute approximate surface area is 178 Å². The van der Waals surface area contributed by atoms with Crippen molar-refractivity contribution in [1.29, 1.82) is 0 Å². The normalized spacial score (nSPS) is 16.6. The van der Waals surface area contributed by atoms with Crippen molar-refractivity contribution in [3.05, 3.63) is 65.2 Å². The molecule has 30 heavy (non-hydrogen) atoms. The molecule has 0 saturated carbocycles. The molecule has 0 aliphatic carbocycles. The summed E-state index contributed by atoms with van der Waals surface area (Å²) in [5, 5.41) is 0. The minimum absolute atomic E-state index is 0.0261. The number of ether oxygens (including phenoxy) is 1. The highest BCUT2D eigenvalue weighted by Crippen LogP contribution is 2.25. The molecular weight excluding hydrogens is 378 g/mol. The number of ketones is 2. The fourth-order valence-corrected chi connectivity index (χ4v) is 4.07. The molecule has 5 heteroatoms. The predicted octanol–water partition coefficient (Wildman–Crippen LogP) is 4.48. The Morgan fingerprint density at radius 1 is 1.00 bits per heavy atom. The van der Waals surface area contributed by atoms with Crippen LogP contribution in [0.5, 0.6) is 5.75 Å². The summed E-state index contributed by atoms with van der Waals surface area (Å²) >= 11 is 0. The van der Waals surface area contributed by atoms with Crippen molar-refractivity contribution in [1.82, 2.24) is 4.90 Å². The first-order chi connectivity index (χ1) is 14.5. The molecule has 1 fully saturated rings. The van der Waals surface area contributed by atoms with E-state index in [9.17, 15) is 14.4 Å². The summed E-state index contributed by atoms with van der Waals surface area (Å²) < 4.78 is 5.41. The maximum Gasteiger partial charge on any atom is 0.227 e. The summed E-state index contributed by atoms with van der Waals surface area (Å²) in [6.07, 6.45) is 4.32. The van der Waals surface area contributed by atoms with Gasteiger partial charge in [-0.1, -0.05) is 43.2 Å². The summed E-state index contributed by atoms with van der Waals surface area (Å²) in [4.78, 5) is 39.7. The zero-order valence-electron chi connectivity index (χ0n) is 17.7. The van der Waals surface area contributed by atoms with E-state index in [0.29, 0.717) is 35.4 Å².